The van der Waals surface area contributed by atoms with E-state index in [9.17, 15) is 9.59 Å². The first-order valence-electron chi connectivity index (χ1n) is 6.37. The average Bonchev–Trinajstić information content (AvgIpc) is 3.00. The molecule has 108 valence electrons. The van der Waals surface area contributed by atoms with Crippen molar-refractivity contribution in [1.82, 2.24) is 14.5 Å². The van der Waals surface area contributed by atoms with E-state index in [4.69, 9.17) is 9.52 Å². The maximum absolute atomic E-state index is 12.1. The molecular formula is C14H13N3O4. The second-order valence-electron chi connectivity index (χ2n) is 4.82. The van der Waals surface area contributed by atoms with Crippen LogP contribution >= 0.6 is 0 Å². The number of aryl methyl sites for hydroxylation is 1. The van der Waals surface area contributed by atoms with Crippen molar-refractivity contribution in [1.29, 1.82) is 0 Å². The van der Waals surface area contributed by atoms with Crippen molar-refractivity contribution < 1.29 is 14.3 Å². The normalized spacial score (nSPS) is 12.7. The average molecular weight is 287 g/mol. The summed E-state index contributed by atoms with van der Waals surface area (Å²) in [6, 6.07) is 4.04. The third kappa shape index (κ3) is 2.12. The van der Waals surface area contributed by atoms with Gasteiger partial charge in [0.25, 0.3) is 0 Å². The molecule has 21 heavy (non-hydrogen) atoms. The molecule has 2 heterocycles. The van der Waals surface area contributed by atoms with E-state index in [-0.39, 0.29) is 11.3 Å². The summed E-state index contributed by atoms with van der Waals surface area (Å²) in [5, 5.41) is 9.07. The fourth-order valence-corrected chi connectivity index (χ4v) is 2.31. The minimum Gasteiger partial charge on any atom is -0.478 e. The number of oxazole rings is 1. The number of aromatic carboxylic acids is 1. The van der Waals surface area contributed by atoms with Gasteiger partial charge in [-0.3, -0.25) is 4.57 Å². The summed E-state index contributed by atoms with van der Waals surface area (Å²) in [5.74, 6) is 0.00362. The zero-order chi connectivity index (χ0) is 15.1. The van der Waals surface area contributed by atoms with Crippen LogP contribution in [0.2, 0.25) is 0 Å². The largest absolute Gasteiger partial charge is 0.478 e. The van der Waals surface area contributed by atoms with E-state index in [1.54, 1.807) is 26.1 Å². The van der Waals surface area contributed by atoms with Crippen LogP contribution in [0.15, 0.2) is 33.6 Å². The molecule has 0 bridgehead atoms. The van der Waals surface area contributed by atoms with Crippen LogP contribution in [0.1, 0.15) is 35.0 Å². The van der Waals surface area contributed by atoms with Crippen molar-refractivity contribution in [2.75, 3.05) is 0 Å². The Morgan fingerprint density at radius 2 is 2.24 bits per heavy atom. The molecule has 0 radical (unpaired) electrons. The molecular weight excluding hydrogens is 274 g/mol. The maximum atomic E-state index is 12.1. The lowest BCUT2D eigenvalue weighted by atomic mass is 10.2. The molecule has 3 aromatic rings. The fourth-order valence-electron chi connectivity index (χ4n) is 2.31. The molecule has 7 nitrogen and oxygen atoms in total. The van der Waals surface area contributed by atoms with Gasteiger partial charge in [-0.2, -0.15) is 0 Å². The zero-order valence-corrected chi connectivity index (χ0v) is 11.5. The lowest BCUT2D eigenvalue weighted by molar-refractivity contribution is 0.0697. The Kier molecular flexibility index (Phi) is 2.90. The number of carboxylic acids is 1. The molecule has 0 aliphatic carbocycles. The zero-order valence-electron chi connectivity index (χ0n) is 11.5. The first kappa shape index (κ1) is 13.2. The predicted octanol–water partition coefficient (Wildman–Crippen LogP) is 1.93. The molecule has 0 saturated heterocycles. The number of carboxylic acid groups (broad SMARTS) is 1. The SMILES string of the molecule is Cc1cnc(C(C)n2c(=O)[nH]c3ccc(C(=O)O)cc32)o1. The smallest absolute Gasteiger partial charge is 0.335 e. The standard InChI is InChI=1S/C14H13N3O4/c1-7-6-15-12(21-7)8(2)17-11-5-9(13(18)19)3-4-10(11)16-14(17)20/h3-6,8H,1-2H3,(H,16,20)(H,18,19). The monoisotopic (exact) mass is 287 g/mol. The summed E-state index contributed by atoms with van der Waals surface area (Å²) in [5.41, 5.74) is 0.852. The van der Waals surface area contributed by atoms with Crippen LogP contribution in [0.4, 0.5) is 0 Å². The van der Waals surface area contributed by atoms with Crippen molar-refractivity contribution >= 4 is 17.0 Å². The van der Waals surface area contributed by atoms with Gasteiger partial charge < -0.3 is 14.5 Å². The number of rotatable bonds is 3. The lowest BCUT2D eigenvalue weighted by Gasteiger charge is -2.09. The number of hydrogen-bond acceptors (Lipinski definition) is 4. The summed E-state index contributed by atoms with van der Waals surface area (Å²) in [7, 11) is 0. The van der Waals surface area contributed by atoms with Crippen molar-refractivity contribution in [2.24, 2.45) is 0 Å². The molecule has 1 atom stereocenters. The highest BCUT2D eigenvalue weighted by Gasteiger charge is 2.19. The van der Waals surface area contributed by atoms with Gasteiger partial charge in [0, 0.05) is 0 Å². The quantitative estimate of drug-likeness (QED) is 0.766. The van der Waals surface area contributed by atoms with E-state index in [0.29, 0.717) is 22.7 Å². The highest BCUT2D eigenvalue weighted by atomic mass is 16.4. The molecule has 0 amide bonds. The Morgan fingerprint density at radius 1 is 1.48 bits per heavy atom. The van der Waals surface area contributed by atoms with Gasteiger partial charge in [0.05, 0.1) is 22.8 Å². The molecule has 0 fully saturated rings. The Balaban J connectivity index is 2.21. The maximum Gasteiger partial charge on any atom is 0.335 e. The molecule has 7 heteroatoms. The third-order valence-corrected chi connectivity index (χ3v) is 3.35. The van der Waals surface area contributed by atoms with Gasteiger partial charge >= 0.3 is 11.7 Å². The highest BCUT2D eigenvalue weighted by molar-refractivity contribution is 5.92. The highest BCUT2D eigenvalue weighted by Crippen LogP contribution is 2.21. The van der Waals surface area contributed by atoms with Crippen LogP contribution in [-0.2, 0) is 0 Å². The number of nitrogens with zero attached hydrogens (tertiary/aromatic N) is 2. The van der Waals surface area contributed by atoms with Crippen molar-refractivity contribution in [2.45, 2.75) is 19.9 Å². The summed E-state index contributed by atoms with van der Waals surface area (Å²) < 4.78 is 6.89. The van der Waals surface area contributed by atoms with E-state index >= 15 is 0 Å². The van der Waals surface area contributed by atoms with E-state index in [1.165, 1.54) is 16.7 Å². The van der Waals surface area contributed by atoms with Crippen LogP contribution in [0, 0.1) is 6.92 Å². The van der Waals surface area contributed by atoms with Gasteiger partial charge in [0.15, 0.2) is 0 Å². The Labute approximate surface area is 118 Å². The number of H-pyrrole nitrogens is 1. The van der Waals surface area contributed by atoms with Crippen molar-refractivity contribution in [3.05, 3.63) is 52.1 Å². The van der Waals surface area contributed by atoms with Gasteiger partial charge in [-0.05, 0) is 32.0 Å². The number of aromatic nitrogens is 3. The molecule has 1 aromatic carbocycles. The first-order chi connectivity index (χ1) is 9.97. The van der Waals surface area contributed by atoms with Crippen LogP contribution in [0.3, 0.4) is 0 Å². The first-order valence-corrected chi connectivity index (χ1v) is 6.37. The molecule has 0 saturated carbocycles. The van der Waals surface area contributed by atoms with Gasteiger partial charge in [-0.15, -0.1) is 0 Å². The Hall–Kier alpha value is -2.83. The molecule has 2 N–H and O–H groups in total. The lowest BCUT2D eigenvalue weighted by Crippen LogP contribution is -2.21. The fraction of sp³-hybridized carbons (Fsp3) is 0.214. The predicted molar refractivity (Wildman–Crippen MR) is 74.6 cm³/mol. The topological polar surface area (TPSA) is 101 Å². The summed E-state index contributed by atoms with van der Waals surface area (Å²) >= 11 is 0. The van der Waals surface area contributed by atoms with Crippen LogP contribution in [-0.4, -0.2) is 25.6 Å². The van der Waals surface area contributed by atoms with E-state index < -0.39 is 12.0 Å². The van der Waals surface area contributed by atoms with Gasteiger partial charge in [-0.25, -0.2) is 14.6 Å². The summed E-state index contributed by atoms with van der Waals surface area (Å²) in [6.07, 6.45) is 1.58. The van der Waals surface area contributed by atoms with E-state index in [2.05, 4.69) is 9.97 Å². The molecule has 2 aromatic heterocycles. The summed E-state index contributed by atoms with van der Waals surface area (Å²) in [4.78, 5) is 30.0. The molecule has 0 spiro atoms. The molecule has 3 rings (SSSR count). The minimum absolute atomic E-state index is 0.117. The number of fused-ring (bicyclic) bond motifs is 1. The number of nitrogens with one attached hydrogen (secondary N) is 1. The second kappa shape index (κ2) is 4.62. The molecule has 0 aliphatic rings. The Bertz CT molecular complexity index is 887. The number of imidazole rings is 1. The van der Waals surface area contributed by atoms with E-state index in [1.807, 2.05) is 0 Å². The molecule has 1 unspecified atom stereocenters. The second-order valence-corrected chi connectivity index (χ2v) is 4.82. The van der Waals surface area contributed by atoms with Gasteiger partial charge in [-0.1, -0.05) is 0 Å². The van der Waals surface area contributed by atoms with Crippen molar-refractivity contribution in [3.63, 3.8) is 0 Å². The van der Waals surface area contributed by atoms with Gasteiger partial charge in [0.2, 0.25) is 5.89 Å². The van der Waals surface area contributed by atoms with E-state index in [0.717, 1.165) is 0 Å². The number of hydrogen-bond donors (Lipinski definition) is 2. The van der Waals surface area contributed by atoms with Crippen LogP contribution in [0.5, 0.6) is 0 Å². The number of carbonyl (C=O) groups is 1. The number of benzene rings is 1. The Morgan fingerprint density at radius 3 is 2.86 bits per heavy atom. The minimum atomic E-state index is -1.04. The van der Waals surface area contributed by atoms with Gasteiger partial charge in [0.1, 0.15) is 11.8 Å². The van der Waals surface area contributed by atoms with Crippen molar-refractivity contribution in [3.8, 4) is 0 Å². The number of aromatic amines is 1. The van der Waals surface area contributed by atoms with Crippen LogP contribution in [0.25, 0.3) is 11.0 Å². The molecule has 0 aliphatic heterocycles. The van der Waals surface area contributed by atoms with Crippen LogP contribution < -0.4 is 5.69 Å². The summed E-state index contributed by atoms with van der Waals surface area (Å²) in [6.45, 7) is 3.54. The third-order valence-electron chi connectivity index (χ3n) is 3.35.